The Kier molecular flexibility index (Phi) is 45.4. The molecule has 6 heteroatoms. The van der Waals surface area contributed by atoms with Crippen LogP contribution in [0.15, 0.2) is 60.8 Å². The first-order valence-electron chi connectivity index (χ1n) is 24.8. The monoisotopic (exact) mass is 825 g/mol. The van der Waals surface area contributed by atoms with Crippen LogP contribution in [0.3, 0.4) is 0 Å². The Morgan fingerprint density at radius 1 is 0.356 bits per heavy atom. The van der Waals surface area contributed by atoms with Gasteiger partial charge in [-0.2, -0.15) is 0 Å². The van der Waals surface area contributed by atoms with E-state index in [9.17, 15) is 14.4 Å². The summed E-state index contributed by atoms with van der Waals surface area (Å²) in [6.45, 7) is 6.46. The van der Waals surface area contributed by atoms with Crippen molar-refractivity contribution in [3.05, 3.63) is 60.8 Å². The number of ether oxygens (including phenoxy) is 3. The van der Waals surface area contributed by atoms with Gasteiger partial charge < -0.3 is 14.2 Å². The van der Waals surface area contributed by atoms with Crippen LogP contribution in [-0.2, 0) is 28.6 Å². The second-order valence-electron chi connectivity index (χ2n) is 16.3. The third kappa shape index (κ3) is 46.0. The number of allylic oxidation sites excluding steroid dienone is 10. The average molecular weight is 825 g/mol. The number of esters is 3. The molecule has 0 aromatic rings. The molecule has 0 saturated heterocycles. The SMILES string of the molecule is CC/C=C\C/C=C\C/C=C\CCCCCCC(=O)OCC(COC(=O)CCCCC/C=C\CCCCCCCC)OC(=O)CCCCC/C=C\CCCCCCCCC. The van der Waals surface area contributed by atoms with Crippen molar-refractivity contribution in [1.29, 1.82) is 0 Å². The Hall–Kier alpha value is -2.89. The summed E-state index contributed by atoms with van der Waals surface area (Å²) in [7, 11) is 0. The summed E-state index contributed by atoms with van der Waals surface area (Å²) in [4.78, 5) is 37.9. The van der Waals surface area contributed by atoms with E-state index in [1.807, 2.05) is 0 Å². The third-order valence-electron chi connectivity index (χ3n) is 10.5. The van der Waals surface area contributed by atoms with E-state index < -0.39 is 6.10 Å². The fraction of sp³-hybridized carbons (Fsp3) is 0.755. The molecule has 0 fully saturated rings. The van der Waals surface area contributed by atoms with Gasteiger partial charge in [-0.15, -0.1) is 0 Å². The Bertz CT molecular complexity index is 1090. The van der Waals surface area contributed by atoms with Crippen LogP contribution in [0.4, 0.5) is 0 Å². The Balaban J connectivity index is 4.46. The highest BCUT2D eigenvalue weighted by Crippen LogP contribution is 2.13. The van der Waals surface area contributed by atoms with Gasteiger partial charge in [0.2, 0.25) is 0 Å². The average Bonchev–Trinajstić information content (AvgIpc) is 3.23. The highest BCUT2D eigenvalue weighted by atomic mass is 16.6. The molecular weight excluding hydrogens is 733 g/mol. The molecule has 0 radical (unpaired) electrons. The van der Waals surface area contributed by atoms with E-state index >= 15 is 0 Å². The predicted molar refractivity (Wildman–Crippen MR) is 251 cm³/mol. The predicted octanol–water partition coefficient (Wildman–Crippen LogP) is 16.1. The molecule has 6 nitrogen and oxygen atoms in total. The molecule has 0 aliphatic rings. The topological polar surface area (TPSA) is 78.9 Å². The van der Waals surface area contributed by atoms with Crippen molar-refractivity contribution in [3.8, 4) is 0 Å². The van der Waals surface area contributed by atoms with Crippen LogP contribution < -0.4 is 0 Å². The van der Waals surface area contributed by atoms with Gasteiger partial charge in [0.15, 0.2) is 6.10 Å². The first kappa shape index (κ1) is 56.1. The standard InChI is InChI=1S/C53H92O6/c1-4-7-10-13-16-19-22-25-28-31-34-37-40-43-46-52(55)58-49-50(48-57-51(54)45-42-39-36-33-30-27-24-21-18-15-12-9-6-3)59-53(56)47-44-41-38-35-32-29-26-23-20-17-14-11-8-5-2/h7,10,16,19,25,27-30,32,50H,4-6,8-9,11-15,17-18,20-24,26,31,33-49H2,1-3H3/b10-7-,19-16-,28-25-,30-27-,32-29-. The van der Waals surface area contributed by atoms with Gasteiger partial charge in [0.1, 0.15) is 13.2 Å². The maximum absolute atomic E-state index is 12.8. The van der Waals surface area contributed by atoms with Gasteiger partial charge in [-0.05, 0) is 103 Å². The van der Waals surface area contributed by atoms with Gasteiger partial charge in [-0.1, -0.05) is 178 Å². The van der Waals surface area contributed by atoms with E-state index in [4.69, 9.17) is 14.2 Å². The lowest BCUT2D eigenvalue weighted by molar-refractivity contribution is -0.167. The van der Waals surface area contributed by atoms with Crippen molar-refractivity contribution in [1.82, 2.24) is 0 Å². The first-order valence-corrected chi connectivity index (χ1v) is 24.8. The summed E-state index contributed by atoms with van der Waals surface area (Å²) in [6, 6.07) is 0. The van der Waals surface area contributed by atoms with Crippen LogP contribution in [0.2, 0.25) is 0 Å². The highest BCUT2D eigenvalue weighted by Gasteiger charge is 2.19. The molecule has 0 aromatic carbocycles. The highest BCUT2D eigenvalue weighted by molar-refractivity contribution is 5.71. The quantitative estimate of drug-likeness (QED) is 0.0263. The number of carbonyl (C=O) groups excluding carboxylic acids is 3. The van der Waals surface area contributed by atoms with Gasteiger partial charge >= 0.3 is 17.9 Å². The van der Waals surface area contributed by atoms with Gasteiger partial charge in [0, 0.05) is 19.3 Å². The number of rotatable bonds is 44. The summed E-state index contributed by atoms with van der Waals surface area (Å²) < 4.78 is 16.7. The van der Waals surface area contributed by atoms with E-state index in [-0.39, 0.29) is 31.1 Å². The van der Waals surface area contributed by atoms with Gasteiger partial charge in [0.05, 0.1) is 0 Å². The van der Waals surface area contributed by atoms with E-state index in [1.165, 1.54) is 83.5 Å². The Morgan fingerprint density at radius 3 is 1.07 bits per heavy atom. The molecule has 340 valence electrons. The van der Waals surface area contributed by atoms with E-state index in [2.05, 4.69) is 81.5 Å². The minimum Gasteiger partial charge on any atom is -0.462 e. The van der Waals surface area contributed by atoms with Crippen molar-refractivity contribution in [2.75, 3.05) is 13.2 Å². The zero-order chi connectivity index (χ0) is 43.0. The summed E-state index contributed by atoms with van der Waals surface area (Å²) in [5.74, 6) is -0.948. The first-order chi connectivity index (χ1) is 29.0. The molecule has 0 rings (SSSR count). The molecule has 0 bridgehead atoms. The Morgan fingerprint density at radius 2 is 0.661 bits per heavy atom. The number of hydrogen-bond acceptors (Lipinski definition) is 6. The van der Waals surface area contributed by atoms with Crippen molar-refractivity contribution in [2.45, 2.75) is 245 Å². The molecule has 0 saturated carbocycles. The van der Waals surface area contributed by atoms with Crippen molar-refractivity contribution in [3.63, 3.8) is 0 Å². The molecule has 1 unspecified atom stereocenters. The second-order valence-corrected chi connectivity index (χ2v) is 16.3. The number of unbranched alkanes of at least 4 members (excludes halogenated alkanes) is 23. The van der Waals surface area contributed by atoms with Crippen molar-refractivity contribution in [2.24, 2.45) is 0 Å². The molecule has 0 aliphatic heterocycles. The normalized spacial score (nSPS) is 12.5. The summed E-state index contributed by atoms with van der Waals surface area (Å²) >= 11 is 0. The van der Waals surface area contributed by atoms with E-state index in [1.54, 1.807) is 0 Å². The molecular formula is C53H92O6. The van der Waals surface area contributed by atoms with Crippen LogP contribution in [0, 0.1) is 0 Å². The lowest BCUT2D eigenvalue weighted by atomic mass is 10.1. The molecule has 59 heavy (non-hydrogen) atoms. The van der Waals surface area contributed by atoms with E-state index in [0.717, 1.165) is 116 Å². The van der Waals surface area contributed by atoms with Crippen LogP contribution in [0.1, 0.15) is 239 Å². The van der Waals surface area contributed by atoms with Crippen LogP contribution >= 0.6 is 0 Å². The zero-order valence-electron chi connectivity index (χ0n) is 38.8. The lowest BCUT2D eigenvalue weighted by Crippen LogP contribution is -2.30. The summed E-state index contributed by atoms with van der Waals surface area (Å²) in [6.07, 6.45) is 57.7. The van der Waals surface area contributed by atoms with Gasteiger partial charge in [-0.3, -0.25) is 14.4 Å². The maximum atomic E-state index is 12.8. The molecule has 0 heterocycles. The molecule has 0 aromatic heterocycles. The molecule has 1 atom stereocenters. The van der Waals surface area contributed by atoms with Crippen molar-refractivity contribution >= 4 is 17.9 Å². The fourth-order valence-corrected chi connectivity index (χ4v) is 6.74. The molecule has 0 amide bonds. The van der Waals surface area contributed by atoms with Crippen molar-refractivity contribution < 1.29 is 28.6 Å². The summed E-state index contributed by atoms with van der Waals surface area (Å²) in [5, 5.41) is 0. The fourth-order valence-electron chi connectivity index (χ4n) is 6.74. The van der Waals surface area contributed by atoms with Crippen LogP contribution in [0.5, 0.6) is 0 Å². The molecule has 0 N–H and O–H groups in total. The minimum absolute atomic E-state index is 0.0955. The smallest absolute Gasteiger partial charge is 0.306 e. The third-order valence-corrected chi connectivity index (χ3v) is 10.5. The summed E-state index contributed by atoms with van der Waals surface area (Å²) in [5.41, 5.74) is 0. The second kappa shape index (κ2) is 47.8. The maximum Gasteiger partial charge on any atom is 0.306 e. The molecule has 0 spiro atoms. The number of hydrogen-bond donors (Lipinski definition) is 0. The van der Waals surface area contributed by atoms with Gasteiger partial charge in [-0.25, -0.2) is 0 Å². The van der Waals surface area contributed by atoms with E-state index in [0.29, 0.717) is 19.3 Å². The Labute approximate surface area is 364 Å². The zero-order valence-corrected chi connectivity index (χ0v) is 38.8. The van der Waals surface area contributed by atoms with Crippen LogP contribution in [-0.4, -0.2) is 37.2 Å². The largest absolute Gasteiger partial charge is 0.462 e. The van der Waals surface area contributed by atoms with Crippen LogP contribution in [0.25, 0.3) is 0 Å². The van der Waals surface area contributed by atoms with Gasteiger partial charge in [0.25, 0.3) is 0 Å². The number of carbonyl (C=O) groups is 3. The minimum atomic E-state index is -0.795. The lowest BCUT2D eigenvalue weighted by Gasteiger charge is -2.18. The molecule has 0 aliphatic carbocycles.